The van der Waals surface area contributed by atoms with Crippen LogP contribution in [0.4, 0.5) is 0 Å². The molecule has 0 amide bonds. The van der Waals surface area contributed by atoms with E-state index < -0.39 is 16.8 Å². The Bertz CT molecular complexity index is 354. The molecule has 1 fully saturated rings. The second-order valence-corrected chi connectivity index (χ2v) is 4.63. The van der Waals surface area contributed by atoms with E-state index in [1.807, 2.05) is 4.90 Å². The summed E-state index contributed by atoms with van der Waals surface area (Å²) in [4.78, 5) is 39.6. The number of rotatable bonds is 9. The van der Waals surface area contributed by atoms with Gasteiger partial charge in [-0.25, -0.2) is 4.79 Å². The maximum atomic E-state index is 10.9. The Morgan fingerprint density at radius 3 is 2.30 bits per heavy atom. The largest absolute Gasteiger partial charge is 0.476 e. The van der Waals surface area contributed by atoms with Crippen LogP contribution in [-0.4, -0.2) is 71.2 Å². The van der Waals surface area contributed by atoms with Crippen LogP contribution in [0.15, 0.2) is 0 Å². The first-order valence-corrected chi connectivity index (χ1v) is 6.47. The lowest BCUT2D eigenvalue weighted by Crippen LogP contribution is -2.47. The number of hydrogen-bond donors (Lipinski definition) is 1. The molecule has 0 radical (unpaired) electrons. The van der Waals surface area contributed by atoms with Gasteiger partial charge < -0.3 is 10.0 Å². The van der Waals surface area contributed by atoms with E-state index in [0.29, 0.717) is 19.5 Å². The topological polar surface area (TPSA) is 113 Å². The number of carboxylic acids is 1. The summed E-state index contributed by atoms with van der Waals surface area (Å²) in [5.74, 6) is -2.11. The van der Waals surface area contributed by atoms with E-state index in [1.165, 1.54) is 0 Å². The SMILES string of the molecule is O=C(O)C(=O)CCCCN1CCN(CO[N+](=O)[O-])CC1. The van der Waals surface area contributed by atoms with Crippen molar-refractivity contribution in [3.05, 3.63) is 10.1 Å². The minimum absolute atomic E-state index is 0.00600. The maximum absolute atomic E-state index is 10.9. The lowest BCUT2D eigenvalue weighted by molar-refractivity contribution is -0.762. The van der Waals surface area contributed by atoms with E-state index in [0.717, 1.165) is 26.1 Å². The number of aliphatic carboxylic acids is 1. The number of unbranched alkanes of at least 4 members (excludes halogenated alkanes) is 1. The van der Waals surface area contributed by atoms with Gasteiger partial charge in [-0.1, -0.05) is 0 Å². The Morgan fingerprint density at radius 2 is 1.75 bits per heavy atom. The molecule has 1 aliphatic rings. The normalized spacial score (nSPS) is 16.8. The molecule has 114 valence electrons. The summed E-state index contributed by atoms with van der Waals surface area (Å²) < 4.78 is 0. The van der Waals surface area contributed by atoms with Gasteiger partial charge in [0.2, 0.25) is 5.78 Å². The summed E-state index contributed by atoms with van der Waals surface area (Å²) in [5.41, 5.74) is 0. The van der Waals surface area contributed by atoms with E-state index in [4.69, 9.17) is 5.11 Å². The fourth-order valence-corrected chi connectivity index (χ4v) is 2.00. The van der Waals surface area contributed by atoms with Gasteiger partial charge in [0.15, 0.2) is 0 Å². The molecule has 0 aromatic rings. The molecule has 1 saturated heterocycles. The minimum Gasteiger partial charge on any atom is -0.476 e. The number of hydrogen-bond acceptors (Lipinski definition) is 7. The zero-order chi connectivity index (χ0) is 15.0. The van der Waals surface area contributed by atoms with E-state index in [2.05, 4.69) is 9.74 Å². The van der Waals surface area contributed by atoms with Crippen molar-refractivity contribution in [1.82, 2.24) is 9.80 Å². The molecule has 1 rings (SSSR count). The maximum Gasteiger partial charge on any atom is 0.372 e. The number of carboxylic acid groups (broad SMARTS) is 1. The molecule has 0 aromatic carbocycles. The second kappa shape index (κ2) is 8.43. The molecular formula is C11H19N3O6. The summed E-state index contributed by atoms with van der Waals surface area (Å²) >= 11 is 0. The Balaban J connectivity index is 2.06. The van der Waals surface area contributed by atoms with E-state index in [9.17, 15) is 19.7 Å². The lowest BCUT2D eigenvalue weighted by atomic mass is 10.1. The zero-order valence-electron chi connectivity index (χ0n) is 11.2. The standard InChI is InChI=1S/C11H19N3O6/c15-10(11(16)17)3-1-2-4-12-5-7-13(8-6-12)9-20-14(18)19/h1-9H2,(H,16,17). The van der Waals surface area contributed by atoms with E-state index in [-0.39, 0.29) is 13.2 Å². The number of Topliss-reactive ketones (excluding diaryl/α,β-unsaturated/α-hetero) is 1. The minimum atomic E-state index is -1.37. The molecule has 9 heteroatoms. The van der Waals surface area contributed by atoms with Crippen LogP contribution in [0.25, 0.3) is 0 Å². The highest BCUT2D eigenvalue weighted by atomic mass is 17.0. The average Bonchev–Trinajstić information content (AvgIpc) is 2.42. The number of carbonyl (C=O) groups excluding carboxylic acids is 1. The smallest absolute Gasteiger partial charge is 0.372 e. The molecule has 0 atom stereocenters. The molecule has 0 unspecified atom stereocenters. The van der Waals surface area contributed by atoms with Gasteiger partial charge in [0.1, 0.15) is 6.73 Å². The highest BCUT2D eigenvalue weighted by Gasteiger charge is 2.17. The van der Waals surface area contributed by atoms with Gasteiger partial charge in [-0.15, -0.1) is 10.1 Å². The third kappa shape index (κ3) is 6.43. The highest BCUT2D eigenvalue weighted by molar-refractivity contribution is 6.32. The molecule has 0 bridgehead atoms. The summed E-state index contributed by atoms with van der Waals surface area (Å²) in [6.45, 7) is 3.76. The number of nitrogens with zero attached hydrogens (tertiary/aromatic N) is 3. The van der Waals surface area contributed by atoms with Crippen LogP contribution < -0.4 is 0 Å². The van der Waals surface area contributed by atoms with Crippen LogP contribution >= 0.6 is 0 Å². The molecule has 1 aliphatic heterocycles. The molecule has 0 spiro atoms. The predicted molar refractivity (Wildman–Crippen MR) is 67.5 cm³/mol. The summed E-state index contributed by atoms with van der Waals surface area (Å²) in [6.07, 6.45) is 1.41. The first-order valence-electron chi connectivity index (χ1n) is 6.47. The summed E-state index contributed by atoms with van der Waals surface area (Å²) in [6, 6.07) is 0. The van der Waals surface area contributed by atoms with E-state index in [1.54, 1.807) is 0 Å². The molecule has 1 heterocycles. The molecule has 1 N–H and O–H groups in total. The quantitative estimate of drug-likeness (QED) is 0.264. The van der Waals surface area contributed by atoms with Crippen LogP contribution in [0.1, 0.15) is 19.3 Å². The number of ketones is 1. The van der Waals surface area contributed by atoms with Gasteiger partial charge in [0, 0.05) is 32.6 Å². The van der Waals surface area contributed by atoms with Crippen LogP contribution in [0.3, 0.4) is 0 Å². The summed E-state index contributed by atoms with van der Waals surface area (Å²) in [5, 5.41) is 17.7. The first kappa shape index (κ1) is 16.3. The summed E-state index contributed by atoms with van der Waals surface area (Å²) in [7, 11) is 0. The van der Waals surface area contributed by atoms with Gasteiger partial charge in [-0.05, 0) is 19.4 Å². The third-order valence-corrected chi connectivity index (χ3v) is 3.18. The van der Waals surface area contributed by atoms with Gasteiger partial charge in [-0.2, -0.15) is 0 Å². The van der Waals surface area contributed by atoms with Crippen molar-refractivity contribution in [2.45, 2.75) is 19.3 Å². The Kier molecular flexibility index (Phi) is 6.88. The van der Waals surface area contributed by atoms with Crippen LogP contribution in [0, 0.1) is 10.1 Å². The van der Waals surface area contributed by atoms with E-state index >= 15 is 0 Å². The molecule has 9 nitrogen and oxygen atoms in total. The fraction of sp³-hybridized carbons (Fsp3) is 0.818. The third-order valence-electron chi connectivity index (χ3n) is 3.18. The molecule has 20 heavy (non-hydrogen) atoms. The van der Waals surface area contributed by atoms with Gasteiger partial charge in [0.25, 0.3) is 5.09 Å². The number of piperazine rings is 1. The second-order valence-electron chi connectivity index (χ2n) is 4.63. The van der Waals surface area contributed by atoms with Crippen molar-refractivity contribution in [2.24, 2.45) is 0 Å². The van der Waals surface area contributed by atoms with Crippen molar-refractivity contribution < 1.29 is 24.6 Å². The molecule has 0 aliphatic carbocycles. The average molecular weight is 289 g/mol. The fourth-order valence-electron chi connectivity index (χ4n) is 2.00. The van der Waals surface area contributed by atoms with Gasteiger partial charge >= 0.3 is 5.97 Å². The van der Waals surface area contributed by atoms with Crippen molar-refractivity contribution in [3.8, 4) is 0 Å². The van der Waals surface area contributed by atoms with Gasteiger partial charge in [-0.3, -0.25) is 14.5 Å². The van der Waals surface area contributed by atoms with Crippen LogP contribution in [-0.2, 0) is 14.4 Å². The van der Waals surface area contributed by atoms with Crippen LogP contribution in [0.5, 0.6) is 0 Å². The molecule has 0 saturated carbocycles. The Morgan fingerprint density at radius 1 is 1.15 bits per heavy atom. The zero-order valence-corrected chi connectivity index (χ0v) is 11.2. The van der Waals surface area contributed by atoms with Crippen molar-refractivity contribution in [1.29, 1.82) is 0 Å². The monoisotopic (exact) mass is 289 g/mol. The first-order chi connectivity index (χ1) is 9.49. The molecule has 0 aromatic heterocycles. The van der Waals surface area contributed by atoms with Gasteiger partial charge in [0.05, 0.1) is 0 Å². The molecular weight excluding hydrogens is 270 g/mol. The lowest BCUT2D eigenvalue weighted by Gasteiger charge is -2.33. The number of carbonyl (C=O) groups is 2. The Labute approximate surface area is 116 Å². The predicted octanol–water partition coefficient (Wildman–Crippen LogP) is -0.406. The van der Waals surface area contributed by atoms with Crippen molar-refractivity contribution in [3.63, 3.8) is 0 Å². The highest BCUT2D eigenvalue weighted by Crippen LogP contribution is 2.05. The van der Waals surface area contributed by atoms with Crippen molar-refractivity contribution >= 4 is 11.8 Å². The van der Waals surface area contributed by atoms with Crippen molar-refractivity contribution in [2.75, 3.05) is 39.5 Å². The van der Waals surface area contributed by atoms with Crippen LogP contribution in [0.2, 0.25) is 0 Å². The Hall–Kier alpha value is -1.74.